The highest BCUT2D eigenvalue weighted by atomic mass is 31.2. The van der Waals surface area contributed by atoms with Crippen molar-refractivity contribution in [2.45, 2.75) is 26.4 Å². The molecule has 0 saturated carbocycles. The molecule has 0 amide bonds. The quantitative estimate of drug-likeness (QED) is 0.388. The van der Waals surface area contributed by atoms with Crippen molar-refractivity contribution in [3.8, 4) is 0 Å². The number of carbonyl (C=O) groups excluding carboxylic acids is 2. The molecule has 0 spiro atoms. The second-order valence-corrected chi connectivity index (χ2v) is 10.4. The molecule has 1 aromatic rings. The van der Waals surface area contributed by atoms with Gasteiger partial charge in [0.1, 0.15) is 5.66 Å². The third-order valence-corrected chi connectivity index (χ3v) is 7.46. The van der Waals surface area contributed by atoms with E-state index in [1.54, 1.807) is 31.2 Å². The molecule has 7 nitrogen and oxygen atoms in total. The fourth-order valence-corrected chi connectivity index (χ4v) is 6.53. The molecule has 0 bridgehead atoms. The van der Waals surface area contributed by atoms with Gasteiger partial charge in [0, 0.05) is 5.41 Å². The van der Waals surface area contributed by atoms with E-state index in [4.69, 9.17) is 18.5 Å². The van der Waals surface area contributed by atoms with E-state index in [1.807, 2.05) is 13.8 Å². The Hall–Kier alpha value is -2.21. The lowest BCUT2D eigenvalue weighted by molar-refractivity contribution is -0.155. The standard InChI is InChI=1S/C22H27O7P/c1-13(2)16-17(18(20(23)26-5)21(24)27-6)14-9-7-8-10-15(14)19(16)30(25)28-11-22(3,4)12-29-30/h7-10,18-19H,1,11-12H2,2-6H3/t19-/m1/s1. The van der Waals surface area contributed by atoms with Crippen LogP contribution in [-0.2, 0) is 32.7 Å². The van der Waals surface area contributed by atoms with Crippen LogP contribution in [0.15, 0.2) is 42.0 Å². The average molecular weight is 434 g/mol. The van der Waals surface area contributed by atoms with Crippen molar-refractivity contribution in [3.63, 3.8) is 0 Å². The lowest BCUT2D eigenvalue weighted by Gasteiger charge is -2.37. The molecular weight excluding hydrogens is 407 g/mol. The van der Waals surface area contributed by atoms with Crippen LogP contribution in [0.2, 0.25) is 0 Å². The highest BCUT2D eigenvalue weighted by molar-refractivity contribution is 7.54. The highest BCUT2D eigenvalue weighted by Gasteiger charge is 2.52. The zero-order valence-corrected chi connectivity index (χ0v) is 18.8. The topological polar surface area (TPSA) is 88.1 Å². The van der Waals surface area contributed by atoms with Gasteiger partial charge < -0.3 is 18.5 Å². The van der Waals surface area contributed by atoms with Gasteiger partial charge in [-0.1, -0.05) is 50.3 Å². The molecule has 0 unspecified atom stereocenters. The Balaban J connectivity index is 2.26. The third-order valence-electron chi connectivity index (χ3n) is 5.32. The van der Waals surface area contributed by atoms with Gasteiger partial charge in [0.15, 0.2) is 5.92 Å². The fourth-order valence-electron chi connectivity index (χ4n) is 3.86. The Bertz CT molecular complexity index is 945. The van der Waals surface area contributed by atoms with Crippen molar-refractivity contribution in [2.24, 2.45) is 11.3 Å². The summed E-state index contributed by atoms with van der Waals surface area (Å²) in [6.07, 6.45) is 0. The molecule has 1 aliphatic heterocycles. The molecule has 30 heavy (non-hydrogen) atoms. The molecule has 1 aromatic carbocycles. The van der Waals surface area contributed by atoms with E-state index in [0.717, 1.165) is 0 Å². The van der Waals surface area contributed by atoms with Gasteiger partial charge >= 0.3 is 19.5 Å². The smallest absolute Gasteiger partial charge is 0.342 e. The van der Waals surface area contributed by atoms with Crippen LogP contribution in [0.1, 0.15) is 37.6 Å². The fraction of sp³-hybridized carbons (Fsp3) is 0.455. The first kappa shape index (κ1) is 22.5. The summed E-state index contributed by atoms with van der Waals surface area (Å²) in [5.74, 6) is -2.88. The van der Waals surface area contributed by atoms with Gasteiger partial charge in [-0.05, 0) is 29.2 Å². The predicted molar refractivity (Wildman–Crippen MR) is 112 cm³/mol. The van der Waals surface area contributed by atoms with Gasteiger partial charge in [-0.2, -0.15) is 0 Å². The number of benzene rings is 1. The Kier molecular flexibility index (Phi) is 6.10. The number of fused-ring (bicyclic) bond motifs is 1. The number of carbonyl (C=O) groups is 2. The van der Waals surface area contributed by atoms with Crippen LogP contribution in [0, 0.1) is 11.3 Å². The van der Waals surface area contributed by atoms with E-state index in [1.165, 1.54) is 14.2 Å². The number of esters is 2. The first-order chi connectivity index (χ1) is 14.1. The molecule has 1 atom stereocenters. The highest BCUT2D eigenvalue weighted by Crippen LogP contribution is 2.71. The summed E-state index contributed by atoms with van der Waals surface area (Å²) in [7, 11) is -1.25. The van der Waals surface area contributed by atoms with Crippen LogP contribution >= 0.6 is 7.60 Å². The van der Waals surface area contributed by atoms with Crippen molar-refractivity contribution >= 4 is 25.1 Å². The molecule has 1 fully saturated rings. The summed E-state index contributed by atoms with van der Waals surface area (Å²) in [5.41, 5.74) is 1.60. The first-order valence-corrected chi connectivity index (χ1v) is 11.2. The van der Waals surface area contributed by atoms with Crippen LogP contribution in [0.25, 0.3) is 5.57 Å². The first-order valence-electron chi connectivity index (χ1n) is 9.60. The molecule has 0 aromatic heterocycles. The molecule has 0 radical (unpaired) electrons. The summed E-state index contributed by atoms with van der Waals surface area (Å²) in [6, 6.07) is 7.15. The third kappa shape index (κ3) is 3.78. The SMILES string of the molecule is C=C(C)C1=C(C(C(=O)OC)C(=O)OC)c2ccccc2[C@H]1P1(=O)OCC(C)(C)CO1. The molecule has 1 aliphatic carbocycles. The molecule has 8 heteroatoms. The van der Waals surface area contributed by atoms with E-state index in [0.29, 0.717) is 27.8 Å². The molecular formula is C22H27O7P. The number of allylic oxidation sites excluding steroid dienone is 2. The summed E-state index contributed by atoms with van der Waals surface area (Å²) in [4.78, 5) is 25.2. The minimum Gasteiger partial charge on any atom is -0.468 e. The monoisotopic (exact) mass is 434 g/mol. The second kappa shape index (κ2) is 8.14. The number of rotatable bonds is 5. The Morgan fingerprint density at radius 1 is 1.13 bits per heavy atom. The zero-order chi connectivity index (χ0) is 22.3. The van der Waals surface area contributed by atoms with E-state index in [-0.39, 0.29) is 18.6 Å². The van der Waals surface area contributed by atoms with Crippen LogP contribution in [0.3, 0.4) is 0 Å². The summed E-state index contributed by atoms with van der Waals surface area (Å²) in [5, 5.41) is 0. The summed E-state index contributed by atoms with van der Waals surface area (Å²) in [6.45, 7) is 10.2. The lowest BCUT2D eigenvalue weighted by Crippen LogP contribution is -2.31. The largest absolute Gasteiger partial charge is 0.468 e. The van der Waals surface area contributed by atoms with E-state index < -0.39 is 31.1 Å². The maximum absolute atomic E-state index is 13.9. The normalized spacial score (nSPS) is 21.9. The Morgan fingerprint density at radius 2 is 1.67 bits per heavy atom. The van der Waals surface area contributed by atoms with Crippen molar-refractivity contribution in [2.75, 3.05) is 27.4 Å². The van der Waals surface area contributed by atoms with Crippen LogP contribution in [-0.4, -0.2) is 39.4 Å². The van der Waals surface area contributed by atoms with E-state index in [2.05, 4.69) is 6.58 Å². The Morgan fingerprint density at radius 3 is 2.17 bits per heavy atom. The second-order valence-electron chi connectivity index (χ2n) is 8.33. The molecule has 1 heterocycles. The van der Waals surface area contributed by atoms with Crippen molar-refractivity contribution < 1.29 is 32.7 Å². The van der Waals surface area contributed by atoms with Crippen molar-refractivity contribution in [3.05, 3.63) is 53.1 Å². The molecule has 0 N–H and O–H groups in total. The molecule has 162 valence electrons. The lowest BCUT2D eigenvalue weighted by atomic mass is 9.90. The van der Waals surface area contributed by atoms with Crippen molar-refractivity contribution in [1.29, 1.82) is 0 Å². The van der Waals surface area contributed by atoms with E-state index >= 15 is 0 Å². The number of hydrogen-bond acceptors (Lipinski definition) is 7. The maximum Gasteiger partial charge on any atom is 0.342 e. The van der Waals surface area contributed by atoms with Gasteiger partial charge in [0.05, 0.1) is 27.4 Å². The zero-order valence-electron chi connectivity index (χ0n) is 17.9. The molecule has 3 rings (SSSR count). The van der Waals surface area contributed by atoms with Gasteiger partial charge in [0.2, 0.25) is 0 Å². The number of hydrogen-bond donors (Lipinski definition) is 0. The van der Waals surface area contributed by atoms with Gasteiger partial charge in [0.25, 0.3) is 0 Å². The minimum absolute atomic E-state index is 0.263. The van der Waals surface area contributed by atoms with Gasteiger partial charge in [-0.3, -0.25) is 14.2 Å². The average Bonchev–Trinajstić information content (AvgIpc) is 3.06. The van der Waals surface area contributed by atoms with Crippen LogP contribution in [0.4, 0.5) is 0 Å². The van der Waals surface area contributed by atoms with Crippen LogP contribution < -0.4 is 0 Å². The Labute approximate surface area is 176 Å². The van der Waals surface area contributed by atoms with Crippen molar-refractivity contribution in [1.82, 2.24) is 0 Å². The maximum atomic E-state index is 13.9. The summed E-state index contributed by atoms with van der Waals surface area (Å²) < 4.78 is 35.3. The minimum atomic E-state index is -3.66. The van der Waals surface area contributed by atoms with Crippen LogP contribution in [0.5, 0.6) is 0 Å². The van der Waals surface area contributed by atoms with Gasteiger partial charge in [-0.25, -0.2) is 0 Å². The number of ether oxygens (including phenoxy) is 2. The van der Waals surface area contributed by atoms with Gasteiger partial charge in [-0.15, -0.1) is 0 Å². The number of methoxy groups -OCH3 is 2. The predicted octanol–water partition coefficient (Wildman–Crippen LogP) is 4.30. The summed E-state index contributed by atoms with van der Waals surface area (Å²) >= 11 is 0. The molecule has 1 saturated heterocycles. The van der Waals surface area contributed by atoms with E-state index in [9.17, 15) is 14.2 Å². The molecule has 2 aliphatic rings.